The molecule has 2 rings (SSSR count). The number of hydrogen-bond donors (Lipinski definition) is 2. The number of rotatable bonds is 5. The summed E-state index contributed by atoms with van der Waals surface area (Å²) in [6.07, 6.45) is 5.60. The lowest BCUT2D eigenvalue weighted by molar-refractivity contribution is -0.117. The maximum absolute atomic E-state index is 12.1. The smallest absolute Gasteiger partial charge is 0.244 e. The maximum Gasteiger partial charge on any atom is 0.244 e. The van der Waals surface area contributed by atoms with Gasteiger partial charge in [-0.25, -0.2) is 0 Å². The topological polar surface area (TPSA) is 61.8 Å². The lowest BCUT2D eigenvalue weighted by Crippen LogP contribution is -2.44. The minimum Gasteiger partial charge on any atom is -0.390 e. The monoisotopic (exact) mass is 338 g/mol. The Balaban J connectivity index is 1.67. The number of aliphatic hydroxyl groups excluding tert-OH is 1. The average molecular weight is 338 g/mol. The number of nitrogens with one attached hydrogen (secondary N) is 1. The number of aliphatic hydroxyl groups is 1. The van der Waals surface area contributed by atoms with E-state index in [4.69, 9.17) is 4.74 Å². The highest BCUT2D eigenvalue weighted by atomic mass is 16.5. The number of allylic oxidation sites excluding steroid dienone is 1. The summed E-state index contributed by atoms with van der Waals surface area (Å²) < 4.78 is 5.29. The van der Waals surface area contributed by atoms with Crippen molar-refractivity contribution in [1.29, 1.82) is 0 Å². The van der Waals surface area contributed by atoms with Crippen LogP contribution in [-0.4, -0.2) is 61.4 Å². The van der Waals surface area contributed by atoms with E-state index < -0.39 is 6.10 Å². The van der Waals surface area contributed by atoms with Crippen LogP contribution >= 0.6 is 0 Å². The minimum absolute atomic E-state index is 0.0692. The van der Waals surface area contributed by atoms with Crippen molar-refractivity contribution in [2.45, 2.75) is 52.6 Å². The molecule has 1 atom stereocenters. The molecule has 1 saturated heterocycles. The first-order valence-corrected chi connectivity index (χ1v) is 9.30. The highest BCUT2D eigenvalue weighted by molar-refractivity contribution is 5.88. The third kappa shape index (κ3) is 6.54. The van der Waals surface area contributed by atoms with Crippen molar-refractivity contribution in [3.8, 4) is 0 Å². The van der Waals surface area contributed by atoms with Gasteiger partial charge in [-0.15, -0.1) is 0 Å². The molecule has 2 N–H and O–H groups in total. The van der Waals surface area contributed by atoms with Gasteiger partial charge in [-0.05, 0) is 37.0 Å². The lowest BCUT2D eigenvalue weighted by Gasteiger charge is -2.34. The van der Waals surface area contributed by atoms with Gasteiger partial charge in [-0.3, -0.25) is 9.69 Å². The molecule has 1 unspecified atom stereocenters. The summed E-state index contributed by atoms with van der Waals surface area (Å²) in [5.74, 6) is 0.674. The maximum atomic E-state index is 12.1. The number of ether oxygens (including phenoxy) is 1. The molecule has 2 aliphatic rings. The predicted molar refractivity (Wildman–Crippen MR) is 95.8 cm³/mol. The van der Waals surface area contributed by atoms with E-state index in [-0.39, 0.29) is 5.91 Å². The van der Waals surface area contributed by atoms with E-state index in [9.17, 15) is 9.90 Å². The van der Waals surface area contributed by atoms with Crippen molar-refractivity contribution in [2.24, 2.45) is 11.3 Å². The van der Waals surface area contributed by atoms with Crippen molar-refractivity contribution in [3.05, 3.63) is 11.6 Å². The van der Waals surface area contributed by atoms with Gasteiger partial charge in [0.05, 0.1) is 19.3 Å². The Kier molecular flexibility index (Phi) is 7.26. The number of carbonyl (C=O) groups is 1. The third-order valence-electron chi connectivity index (χ3n) is 5.27. The number of morpholine rings is 1. The van der Waals surface area contributed by atoms with Crippen LogP contribution in [0, 0.1) is 11.3 Å². The minimum atomic E-state index is -0.526. The zero-order chi connectivity index (χ0) is 17.6. The summed E-state index contributed by atoms with van der Waals surface area (Å²) in [5.41, 5.74) is 1.60. The highest BCUT2D eigenvalue weighted by Crippen LogP contribution is 2.39. The number of carbonyl (C=O) groups excluding carboxylic acids is 1. The fraction of sp³-hybridized carbons (Fsp3) is 0.842. The number of amides is 1. The molecule has 1 saturated carbocycles. The quantitative estimate of drug-likeness (QED) is 0.752. The van der Waals surface area contributed by atoms with Gasteiger partial charge in [0.2, 0.25) is 5.91 Å². The first-order chi connectivity index (χ1) is 11.3. The Bertz CT molecular complexity index is 426. The molecule has 0 aromatic heterocycles. The van der Waals surface area contributed by atoms with Crippen LogP contribution in [0.2, 0.25) is 0 Å². The fourth-order valence-corrected chi connectivity index (χ4v) is 3.60. The van der Waals surface area contributed by atoms with Crippen LogP contribution in [-0.2, 0) is 9.53 Å². The number of nitrogens with zero attached hydrogens (tertiary/aromatic N) is 1. The Morgan fingerprint density at radius 2 is 1.96 bits per heavy atom. The molecular weight excluding hydrogens is 304 g/mol. The second-order valence-corrected chi connectivity index (χ2v) is 8.25. The molecule has 0 aromatic rings. The highest BCUT2D eigenvalue weighted by Gasteiger charge is 2.27. The second-order valence-electron chi connectivity index (χ2n) is 8.25. The van der Waals surface area contributed by atoms with Gasteiger partial charge in [-0.1, -0.05) is 26.3 Å². The molecule has 0 spiro atoms. The van der Waals surface area contributed by atoms with E-state index in [1.165, 1.54) is 18.4 Å². The Morgan fingerprint density at radius 1 is 1.33 bits per heavy atom. The largest absolute Gasteiger partial charge is 0.390 e. The van der Waals surface area contributed by atoms with Crippen LogP contribution in [0.4, 0.5) is 0 Å². The summed E-state index contributed by atoms with van der Waals surface area (Å²) in [5, 5.41) is 12.9. The van der Waals surface area contributed by atoms with Crippen molar-refractivity contribution in [1.82, 2.24) is 10.2 Å². The molecule has 138 valence electrons. The number of hydrogen-bond acceptors (Lipinski definition) is 4. The van der Waals surface area contributed by atoms with E-state index in [2.05, 4.69) is 31.0 Å². The van der Waals surface area contributed by atoms with E-state index in [0.29, 0.717) is 18.5 Å². The van der Waals surface area contributed by atoms with Gasteiger partial charge in [0.15, 0.2) is 0 Å². The molecule has 1 heterocycles. The van der Waals surface area contributed by atoms with Gasteiger partial charge in [0.25, 0.3) is 0 Å². The average Bonchev–Trinajstić information content (AvgIpc) is 2.53. The first kappa shape index (κ1) is 19.4. The van der Waals surface area contributed by atoms with Gasteiger partial charge in [0.1, 0.15) is 0 Å². The van der Waals surface area contributed by atoms with Crippen LogP contribution in [0.15, 0.2) is 11.6 Å². The molecule has 0 aromatic carbocycles. The molecule has 5 nitrogen and oxygen atoms in total. The molecule has 0 bridgehead atoms. The summed E-state index contributed by atoms with van der Waals surface area (Å²) in [4.78, 5) is 14.2. The van der Waals surface area contributed by atoms with E-state index in [0.717, 1.165) is 45.1 Å². The Labute approximate surface area is 146 Å². The lowest BCUT2D eigenvalue weighted by atomic mass is 9.71. The summed E-state index contributed by atoms with van der Waals surface area (Å²) in [7, 11) is 0. The summed E-state index contributed by atoms with van der Waals surface area (Å²) in [6, 6.07) is 0. The zero-order valence-corrected chi connectivity index (χ0v) is 15.5. The van der Waals surface area contributed by atoms with Crippen LogP contribution < -0.4 is 5.32 Å². The van der Waals surface area contributed by atoms with Gasteiger partial charge in [0, 0.05) is 32.3 Å². The SMILES string of the molecule is CC(C)(C)C1CCC(=CC(=O)NCC(O)CN2CCOCC2)CC1. The van der Waals surface area contributed by atoms with Crippen molar-refractivity contribution in [3.63, 3.8) is 0 Å². The second kappa shape index (κ2) is 8.97. The van der Waals surface area contributed by atoms with Gasteiger partial charge >= 0.3 is 0 Å². The van der Waals surface area contributed by atoms with Crippen molar-refractivity contribution in [2.75, 3.05) is 39.4 Å². The first-order valence-electron chi connectivity index (χ1n) is 9.30. The van der Waals surface area contributed by atoms with Crippen molar-refractivity contribution < 1.29 is 14.6 Å². The summed E-state index contributed by atoms with van der Waals surface area (Å²) in [6.45, 7) is 11.0. The van der Waals surface area contributed by atoms with Gasteiger partial charge < -0.3 is 15.2 Å². The zero-order valence-electron chi connectivity index (χ0n) is 15.5. The van der Waals surface area contributed by atoms with E-state index >= 15 is 0 Å². The standard InChI is InChI=1S/C19H34N2O3/c1-19(2,3)16-6-4-15(5-7-16)12-18(23)20-13-17(22)14-21-8-10-24-11-9-21/h12,16-17,22H,4-11,13-14H2,1-3H3,(H,20,23). The molecule has 1 aliphatic heterocycles. The van der Waals surface area contributed by atoms with Crippen LogP contribution in [0.1, 0.15) is 46.5 Å². The molecule has 24 heavy (non-hydrogen) atoms. The molecule has 5 heteroatoms. The predicted octanol–water partition coefficient (Wildman–Crippen LogP) is 1.96. The van der Waals surface area contributed by atoms with Crippen LogP contribution in [0.3, 0.4) is 0 Å². The Hall–Kier alpha value is -0.910. The normalized spacial score (nSPS) is 24.5. The van der Waals surface area contributed by atoms with Gasteiger partial charge in [-0.2, -0.15) is 0 Å². The van der Waals surface area contributed by atoms with E-state index in [1.54, 1.807) is 6.08 Å². The Morgan fingerprint density at radius 3 is 2.54 bits per heavy atom. The number of β-amino-alcohol motifs (C(OH)–C–C–N with tert-alkyl or cyclic N) is 1. The third-order valence-corrected chi connectivity index (χ3v) is 5.27. The molecule has 1 amide bonds. The molecular formula is C19H34N2O3. The fourth-order valence-electron chi connectivity index (χ4n) is 3.60. The van der Waals surface area contributed by atoms with E-state index in [1.807, 2.05) is 0 Å². The molecule has 1 aliphatic carbocycles. The van der Waals surface area contributed by atoms with Crippen LogP contribution in [0.5, 0.6) is 0 Å². The molecule has 0 radical (unpaired) electrons. The van der Waals surface area contributed by atoms with Crippen molar-refractivity contribution >= 4 is 5.91 Å². The van der Waals surface area contributed by atoms with Crippen LogP contribution in [0.25, 0.3) is 0 Å². The summed E-state index contributed by atoms with van der Waals surface area (Å²) >= 11 is 0. The molecule has 2 fully saturated rings.